The van der Waals surface area contributed by atoms with Crippen LogP contribution in [0, 0.1) is 12.8 Å². The molecule has 0 spiro atoms. The van der Waals surface area contributed by atoms with Crippen molar-refractivity contribution in [2.24, 2.45) is 5.92 Å². The number of halogens is 2. The SMILES string of the molecule is Cc1cc(-c2cc(=O)n([C@H]3CCC[C@@H](C)C(=O)Nc4cnn(C(F)F)c4-c4ccnc3c4)cn2)c2cn[nH]c2c1. The first-order valence-corrected chi connectivity index (χ1v) is 13.0. The van der Waals surface area contributed by atoms with Crippen LogP contribution in [-0.4, -0.2) is 40.4 Å². The molecule has 2 atom stereocenters. The topological polar surface area (TPSA) is 123 Å². The van der Waals surface area contributed by atoms with Crippen LogP contribution >= 0.6 is 0 Å². The highest BCUT2D eigenvalue weighted by Crippen LogP contribution is 2.35. The van der Waals surface area contributed by atoms with Crippen LogP contribution in [0.1, 0.15) is 50.0 Å². The van der Waals surface area contributed by atoms with E-state index in [-0.39, 0.29) is 28.8 Å². The predicted octanol–water partition coefficient (Wildman–Crippen LogP) is 5.10. The summed E-state index contributed by atoms with van der Waals surface area (Å²) >= 11 is 0. The molecule has 10 nitrogen and oxygen atoms in total. The lowest BCUT2D eigenvalue weighted by molar-refractivity contribution is -0.119. The van der Waals surface area contributed by atoms with Crippen molar-refractivity contribution in [1.29, 1.82) is 0 Å². The van der Waals surface area contributed by atoms with Gasteiger partial charge in [-0.25, -0.2) is 9.67 Å². The molecule has 5 heterocycles. The molecular formula is C28H26F2N8O2. The molecular weight excluding hydrogens is 518 g/mol. The average Bonchev–Trinajstić information content (AvgIpc) is 3.57. The summed E-state index contributed by atoms with van der Waals surface area (Å²) in [5.74, 6) is -0.668. The van der Waals surface area contributed by atoms with E-state index in [4.69, 9.17) is 0 Å². The minimum absolute atomic E-state index is 0.0721. The van der Waals surface area contributed by atoms with Gasteiger partial charge >= 0.3 is 6.55 Å². The van der Waals surface area contributed by atoms with Crippen LogP contribution in [0.15, 0.2) is 60.0 Å². The van der Waals surface area contributed by atoms with Crippen LogP contribution in [0.5, 0.6) is 0 Å². The molecule has 1 amide bonds. The molecule has 204 valence electrons. The number of pyridine rings is 1. The van der Waals surface area contributed by atoms with Crippen LogP contribution in [0.25, 0.3) is 33.4 Å². The molecule has 4 aromatic heterocycles. The summed E-state index contributed by atoms with van der Waals surface area (Å²) in [4.78, 5) is 35.6. The standard InChI is InChI=1S/C28H26F2N8O2/c1-15-8-18(19-12-33-36-21(19)9-15)20-11-25(39)37(14-32-20)24-5-3-4-16(2)27(40)35-23-13-34-38(28(29)30)26(23)17-6-7-31-22(24)10-17/h6-14,16,24,28H,3-5H2,1-2H3,(H,33,36)(H,35,40)/t16-,24+/m1/s1. The number of hydrogen-bond donors (Lipinski definition) is 2. The molecule has 5 aromatic rings. The van der Waals surface area contributed by atoms with E-state index < -0.39 is 12.6 Å². The van der Waals surface area contributed by atoms with Gasteiger partial charge in [0.05, 0.1) is 53.0 Å². The Bertz CT molecular complexity index is 1790. The maximum Gasteiger partial charge on any atom is 0.333 e. The number of hydrogen-bond acceptors (Lipinski definition) is 6. The second kappa shape index (κ2) is 10.1. The van der Waals surface area contributed by atoms with E-state index in [2.05, 4.69) is 30.6 Å². The van der Waals surface area contributed by atoms with Gasteiger partial charge in [0, 0.05) is 34.7 Å². The van der Waals surface area contributed by atoms with Gasteiger partial charge in [-0.05, 0) is 49.6 Å². The number of carbonyl (C=O) groups is 1. The number of amides is 1. The molecule has 6 rings (SSSR count). The molecule has 40 heavy (non-hydrogen) atoms. The summed E-state index contributed by atoms with van der Waals surface area (Å²) in [5, 5.41) is 14.5. The van der Waals surface area contributed by atoms with Gasteiger partial charge in [0.15, 0.2) is 0 Å². The van der Waals surface area contributed by atoms with E-state index in [1.807, 2.05) is 19.1 Å². The summed E-state index contributed by atoms with van der Waals surface area (Å²) in [7, 11) is 0. The molecule has 1 aromatic carbocycles. The van der Waals surface area contributed by atoms with Crippen LogP contribution < -0.4 is 10.9 Å². The zero-order valence-electron chi connectivity index (χ0n) is 21.8. The summed E-state index contributed by atoms with van der Waals surface area (Å²) in [6.07, 6.45) is 7.59. The van der Waals surface area contributed by atoms with Crippen molar-refractivity contribution < 1.29 is 13.6 Å². The first-order chi connectivity index (χ1) is 19.3. The van der Waals surface area contributed by atoms with Crippen LogP contribution in [0.4, 0.5) is 14.5 Å². The van der Waals surface area contributed by atoms with E-state index >= 15 is 0 Å². The second-order valence-electron chi connectivity index (χ2n) is 10.1. The zero-order valence-corrected chi connectivity index (χ0v) is 21.8. The molecule has 0 unspecified atom stereocenters. The number of alkyl halides is 2. The number of aromatic nitrogens is 7. The van der Waals surface area contributed by atoms with Crippen LogP contribution in [-0.2, 0) is 4.79 Å². The van der Waals surface area contributed by atoms with E-state index in [0.717, 1.165) is 22.0 Å². The van der Waals surface area contributed by atoms with Crippen molar-refractivity contribution in [3.63, 3.8) is 0 Å². The molecule has 2 N–H and O–H groups in total. The van der Waals surface area contributed by atoms with E-state index in [1.54, 1.807) is 25.3 Å². The molecule has 0 saturated heterocycles. The van der Waals surface area contributed by atoms with Crippen molar-refractivity contribution in [2.45, 2.75) is 45.7 Å². The fourth-order valence-corrected chi connectivity index (χ4v) is 5.30. The molecule has 0 aliphatic carbocycles. The number of fused-ring (bicyclic) bond motifs is 5. The summed E-state index contributed by atoms with van der Waals surface area (Å²) in [5.41, 5.74) is 4.06. The molecule has 0 fully saturated rings. The van der Waals surface area contributed by atoms with E-state index in [1.165, 1.54) is 29.4 Å². The van der Waals surface area contributed by atoms with Gasteiger partial charge in [0.1, 0.15) is 0 Å². The fourth-order valence-electron chi connectivity index (χ4n) is 5.30. The monoisotopic (exact) mass is 544 g/mol. The first-order valence-electron chi connectivity index (χ1n) is 13.0. The third kappa shape index (κ3) is 4.55. The Labute approximate surface area is 227 Å². The normalized spacial score (nSPS) is 17.8. The summed E-state index contributed by atoms with van der Waals surface area (Å²) < 4.78 is 29.8. The number of nitrogens with one attached hydrogen (secondary N) is 2. The predicted molar refractivity (Wildman–Crippen MR) is 145 cm³/mol. The molecule has 0 radical (unpaired) electrons. The Hall–Kier alpha value is -4.74. The number of H-pyrrole nitrogens is 1. The maximum absolute atomic E-state index is 13.9. The molecule has 1 aliphatic rings. The minimum atomic E-state index is -2.92. The van der Waals surface area contributed by atoms with Gasteiger partial charge in [-0.2, -0.15) is 19.0 Å². The number of benzene rings is 1. The number of rotatable bonds is 3. The lowest BCUT2D eigenvalue weighted by Crippen LogP contribution is -2.27. The van der Waals surface area contributed by atoms with Gasteiger partial charge in [0.2, 0.25) is 5.91 Å². The van der Waals surface area contributed by atoms with Crippen LogP contribution in [0.2, 0.25) is 0 Å². The van der Waals surface area contributed by atoms with Gasteiger partial charge < -0.3 is 5.32 Å². The van der Waals surface area contributed by atoms with E-state index in [0.29, 0.717) is 40.9 Å². The number of nitrogens with zero attached hydrogens (tertiary/aromatic N) is 6. The molecule has 1 aliphatic heterocycles. The van der Waals surface area contributed by atoms with Crippen molar-refractivity contribution in [2.75, 3.05) is 5.32 Å². The average molecular weight is 545 g/mol. The van der Waals surface area contributed by atoms with Gasteiger partial charge in [0.25, 0.3) is 5.56 Å². The van der Waals surface area contributed by atoms with Crippen molar-refractivity contribution >= 4 is 22.5 Å². The highest BCUT2D eigenvalue weighted by molar-refractivity contribution is 5.96. The third-order valence-electron chi connectivity index (χ3n) is 7.35. The molecule has 0 saturated carbocycles. The maximum atomic E-state index is 13.9. The lowest BCUT2D eigenvalue weighted by atomic mass is 9.97. The molecule has 12 heteroatoms. The fraction of sp³-hybridized carbons (Fsp3) is 0.286. The van der Waals surface area contributed by atoms with Gasteiger partial charge in [-0.1, -0.05) is 13.3 Å². The largest absolute Gasteiger partial charge is 0.333 e. The number of carbonyl (C=O) groups excluding carboxylic acids is 1. The molecule has 2 bridgehead atoms. The van der Waals surface area contributed by atoms with E-state index in [9.17, 15) is 18.4 Å². The summed E-state index contributed by atoms with van der Waals surface area (Å²) in [6, 6.07) is 8.14. The minimum Gasteiger partial charge on any atom is -0.323 e. The van der Waals surface area contributed by atoms with Crippen LogP contribution in [0.3, 0.4) is 0 Å². The Balaban J connectivity index is 1.46. The summed E-state index contributed by atoms with van der Waals surface area (Å²) in [6.45, 7) is 0.827. The zero-order chi connectivity index (χ0) is 28.0. The van der Waals surface area contributed by atoms with Crippen molar-refractivity contribution in [3.05, 3.63) is 76.9 Å². The number of aromatic amines is 1. The highest BCUT2D eigenvalue weighted by atomic mass is 19.3. The Morgan fingerprint density at radius 2 is 1.93 bits per heavy atom. The Morgan fingerprint density at radius 1 is 1.07 bits per heavy atom. The first kappa shape index (κ1) is 25.5. The van der Waals surface area contributed by atoms with Crippen molar-refractivity contribution in [1.82, 2.24) is 34.5 Å². The Kier molecular flexibility index (Phi) is 6.45. The third-order valence-corrected chi connectivity index (χ3v) is 7.35. The lowest BCUT2D eigenvalue weighted by Gasteiger charge is -2.22. The number of aryl methyl sites for hydroxylation is 1. The Morgan fingerprint density at radius 3 is 2.73 bits per heavy atom. The second-order valence-corrected chi connectivity index (χ2v) is 10.1. The van der Waals surface area contributed by atoms with Crippen molar-refractivity contribution in [3.8, 4) is 22.5 Å². The smallest absolute Gasteiger partial charge is 0.323 e. The van der Waals surface area contributed by atoms with Gasteiger partial charge in [-0.3, -0.25) is 24.2 Å². The quantitative estimate of drug-likeness (QED) is 0.326. The van der Waals surface area contributed by atoms with Gasteiger partial charge in [-0.15, -0.1) is 0 Å². The highest BCUT2D eigenvalue weighted by Gasteiger charge is 2.26. The number of anilines is 1.